The minimum Gasteiger partial charge on any atom is -0.375 e. The molecule has 1 saturated heterocycles. The van der Waals surface area contributed by atoms with Gasteiger partial charge in [0.2, 0.25) is 5.91 Å². The van der Waals surface area contributed by atoms with Crippen LogP contribution in [0.5, 0.6) is 0 Å². The number of ether oxygens (including phenoxy) is 1. The number of fused-ring (bicyclic) bond motifs is 1. The van der Waals surface area contributed by atoms with E-state index in [4.69, 9.17) is 4.74 Å². The topological polar surface area (TPSA) is 68.2 Å². The van der Waals surface area contributed by atoms with Gasteiger partial charge in [-0.1, -0.05) is 0 Å². The highest BCUT2D eigenvalue weighted by Gasteiger charge is 2.26. The summed E-state index contributed by atoms with van der Waals surface area (Å²) in [6, 6.07) is 0.108. The number of rotatable bonds is 3. The lowest BCUT2D eigenvalue weighted by Gasteiger charge is -2.26. The zero-order valence-electron chi connectivity index (χ0n) is 12.3. The Balaban J connectivity index is 0.00000161. The highest BCUT2D eigenvalue weighted by Crippen LogP contribution is 2.29. The van der Waals surface area contributed by atoms with Crippen LogP contribution < -0.4 is 10.6 Å². The molecule has 1 aliphatic heterocycles. The first-order chi connectivity index (χ1) is 9.74. The SMILES string of the molecule is Cl.Cn1ncc2c1CCCC2NC(=O)CC1CNCCO1. The van der Waals surface area contributed by atoms with Crippen molar-refractivity contribution in [2.75, 3.05) is 19.7 Å². The molecule has 118 valence electrons. The van der Waals surface area contributed by atoms with E-state index in [0.29, 0.717) is 13.0 Å². The number of carbonyl (C=O) groups is 1. The van der Waals surface area contributed by atoms with Crippen LogP contribution in [0.3, 0.4) is 0 Å². The zero-order chi connectivity index (χ0) is 13.9. The molecular weight excluding hydrogens is 292 g/mol. The van der Waals surface area contributed by atoms with Gasteiger partial charge in [0.25, 0.3) is 0 Å². The second-order valence-corrected chi connectivity index (χ2v) is 5.58. The summed E-state index contributed by atoms with van der Waals surface area (Å²) in [5.74, 6) is 0.0698. The van der Waals surface area contributed by atoms with E-state index in [1.807, 2.05) is 17.9 Å². The average Bonchev–Trinajstić information content (AvgIpc) is 2.83. The Bertz CT molecular complexity index is 485. The summed E-state index contributed by atoms with van der Waals surface area (Å²) >= 11 is 0. The average molecular weight is 315 g/mol. The van der Waals surface area contributed by atoms with Gasteiger partial charge in [0.05, 0.1) is 31.4 Å². The summed E-state index contributed by atoms with van der Waals surface area (Å²) in [5.41, 5.74) is 2.42. The van der Waals surface area contributed by atoms with Crippen LogP contribution >= 0.6 is 12.4 Å². The van der Waals surface area contributed by atoms with Gasteiger partial charge in [0.1, 0.15) is 0 Å². The summed E-state index contributed by atoms with van der Waals surface area (Å²) in [4.78, 5) is 12.1. The molecule has 7 heteroatoms. The smallest absolute Gasteiger partial charge is 0.223 e. The van der Waals surface area contributed by atoms with E-state index in [2.05, 4.69) is 15.7 Å². The number of aryl methyl sites for hydroxylation is 1. The molecule has 0 saturated carbocycles. The summed E-state index contributed by atoms with van der Waals surface area (Å²) in [6.07, 6.45) is 5.46. The molecule has 2 aliphatic rings. The molecule has 0 spiro atoms. The molecular formula is C14H23ClN4O2. The fourth-order valence-electron chi connectivity index (χ4n) is 3.07. The number of hydrogen-bond acceptors (Lipinski definition) is 4. The predicted octanol–water partition coefficient (Wildman–Crippen LogP) is 0.714. The Morgan fingerprint density at radius 3 is 3.24 bits per heavy atom. The minimum absolute atomic E-state index is 0. The van der Waals surface area contributed by atoms with Crippen LogP contribution in [0.25, 0.3) is 0 Å². The number of carbonyl (C=O) groups excluding carboxylic acids is 1. The molecule has 1 aliphatic carbocycles. The number of halogens is 1. The lowest BCUT2D eigenvalue weighted by atomic mass is 9.93. The summed E-state index contributed by atoms with van der Waals surface area (Å²) < 4.78 is 7.49. The van der Waals surface area contributed by atoms with Crippen LogP contribution in [0, 0.1) is 0 Å². The summed E-state index contributed by atoms with van der Waals surface area (Å²) in [7, 11) is 1.96. The van der Waals surface area contributed by atoms with Crippen molar-refractivity contribution in [2.24, 2.45) is 7.05 Å². The third kappa shape index (κ3) is 3.75. The minimum atomic E-state index is 0. The molecule has 0 aromatic carbocycles. The Hall–Kier alpha value is -1.11. The first-order valence-corrected chi connectivity index (χ1v) is 7.36. The van der Waals surface area contributed by atoms with Crippen LogP contribution in [0.2, 0.25) is 0 Å². The van der Waals surface area contributed by atoms with Gasteiger partial charge in [0.15, 0.2) is 0 Å². The monoisotopic (exact) mass is 314 g/mol. The van der Waals surface area contributed by atoms with Crippen molar-refractivity contribution in [1.82, 2.24) is 20.4 Å². The number of hydrogen-bond donors (Lipinski definition) is 2. The van der Waals surface area contributed by atoms with Gasteiger partial charge >= 0.3 is 0 Å². The quantitative estimate of drug-likeness (QED) is 0.862. The zero-order valence-corrected chi connectivity index (χ0v) is 13.1. The van der Waals surface area contributed by atoms with Crippen LogP contribution in [-0.4, -0.2) is 41.5 Å². The maximum absolute atomic E-state index is 12.1. The van der Waals surface area contributed by atoms with E-state index in [-0.39, 0.29) is 30.5 Å². The van der Waals surface area contributed by atoms with Gasteiger partial charge in [0, 0.05) is 31.4 Å². The number of nitrogens with one attached hydrogen (secondary N) is 2. The van der Waals surface area contributed by atoms with Gasteiger partial charge in [-0.2, -0.15) is 5.10 Å². The van der Waals surface area contributed by atoms with Crippen molar-refractivity contribution in [1.29, 1.82) is 0 Å². The molecule has 1 fully saturated rings. The lowest BCUT2D eigenvalue weighted by Crippen LogP contribution is -2.42. The Morgan fingerprint density at radius 2 is 2.48 bits per heavy atom. The molecule has 6 nitrogen and oxygen atoms in total. The Labute approximate surface area is 131 Å². The molecule has 1 amide bonds. The van der Waals surface area contributed by atoms with E-state index < -0.39 is 0 Å². The van der Waals surface area contributed by atoms with E-state index in [9.17, 15) is 4.79 Å². The Kier molecular flexibility index (Phi) is 5.61. The molecule has 0 radical (unpaired) electrons. The van der Waals surface area contributed by atoms with Crippen molar-refractivity contribution in [3.63, 3.8) is 0 Å². The first kappa shape index (κ1) is 16.3. The fraction of sp³-hybridized carbons (Fsp3) is 0.714. The molecule has 3 rings (SSSR count). The lowest BCUT2D eigenvalue weighted by molar-refractivity contribution is -0.125. The van der Waals surface area contributed by atoms with Crippen LogP contribution in [0.4, 0.5) is 0 Å². The maximum Gasteiger partial charge on any atom is 0.223 e. The molecule has 2 N–H and O–H groups in total. The van der Waals surface area contributed by atoms with Crippen LogP contribution in [0.15, 0.2) is 6.20 Å². The molecule has 2 atom stereocenters. The molecule has 1 aromatic heterocycles. The second-order valence-electron chi connectivity index (χ2n) is 5.58. The van der Waals surface area contributed by atoms with Crippen molar-refractivity contribution < 1.29 is 9.53 Å². The van der Waals surface area contributed by atoms with E-state index in [1.165, 1.54) is 11.3 Å². The number of aromatic nitrogens is 2. The van der Waals surface area contributed by atoms with Crippen LogP contribution in [0.1, 0.15) is 36.6 Å². The molecule has 2 unspecified atom stereocenters. The van der Waals surface area contributed by atoms with Crippen molar-refractivity contribution in [2.45, 2.75) is 37.8 Å². The maximum atomic E-state index is 12.1. The largest absolute Gasteiger partial charge is 0.375 e. The molecule has 2 heterocycles. The van der Waals surface area contributed by atoms with E-state index >= 15 is 0 Å². The second kappa shape index (κ2) is 7.24. The fourth-order valence-corrected chi connectivity index (χ4v) is 3.07. The van der Waals surface area contributed by atoms with Gasteiger partial charge in [-0.25, -0.2) is 0 Å². The van der Waals surface area contributed by atoms with Crippen molar-refractivity contribution >= 4 is 18.3 Å². The number of nitrogens with zero attached hydrogens (tertiary/aromatic N) is 2. The number of morpholine rings is 1. The third-order valence-corrected chi connectivity index (χ3v) is 4.13. The van der Waals surface area contributed by atoms with Crippen LogP contribution in [-0.2, 0) is 23.0 Å². The van der Waals surface area contributed by atoms with E-state index in [0.717, 1.165) is 32.4 Å². The number of amides is 1. The van der Waals surface area contributed by atoms with E-state index in [1.54, 1.807) is 0 Å². The van der Waals surface area contributed by atoms with Gasteiger partial charge in [-0.15, -0.1) is 12.4 Å². The molecule has 1 aromatic rings. The summed E-state index contributed by atoms with van der Waals surface area (Å²) in [6.45, 7) is 2.32. The van der Waals surface area contributed by atoms with Gasteiger partial charge in [-0.05, 0) is 19.3 Å². The van der Waals surface area contributed by atoms with Gasteiger partial charge in [-0.3, -0.25) is 9.48 Å². The summed E-state index contributed by atoms with van der Waals surface area (Å²) in [5, 5.41) is 10.7. The van der Waals surface area contributed by atoms with Crippen molar-refractivity contribution in [3.05, 3.63) is 17.5 Å². The Morgan fingerprint density at radius 1 is 1.62 bits per heavy atom. The van der Waals surface area contributed by atoms with Gasteiger partial charge < -0.3 is 15.4 Å². The van der Waals surface area contributed by atoms with Crippen molar-refractivity contribution in [3.8, 4) is 0 Å². The normalized spacial score (nSPS) is 24.8. The highest BCUT2D eigenvalue weighted by atomic mass is 35.5. The third-order valence-electron chi connectivity index (χ3n) is 4.13. The molecule has 0 bridgehead atoms. The highest BCUT2D eigenvalue weighted by molar-refractivity contribution is 5.85. The standard InChI is InChI=1S/C14H22N4O2.ClH/c1-18-13-4-2-3-12(11(13)9-16-18)17-14(19)7-10-8-15-5-6-20-10;/h9-10,12,15H,2-8H2,1H3,(H,17,19);1H. The predicted molar refractivity (Wildman–Crippen MR) is 81.5 cm³/mol. The first-order valence-electron chi connectivity index (χ1n) is 7.36. The molecule has 21 heavy (non-hydrogen) atoms.